The largest absolute Gasteiger partial charge is 0.339 e. The van der Waals surface area contributed by atoms with Gasteiger partial charge >= 0.3 is 0 Å². The molecule has 0 aliphatic rings. The molecule has 0 aromatic heterocycles. The van der Waals surface area contributed by atoms with Crippen LogP contribution in [0.4, 0.5) is 5.69 Å². The third-order valence-electron chi connectivity index (χ3n) is 2.48. The van der Waals surface area contributed by atoms with Crippen LogP contribution in [0.5, 0.6) is 0 Å². The average Bonchev–Trinajstić information content (AvgIpc) is 2.32. The maximum Gasteiger partial charge on any atom is 0.228 e. The first-order valence-corrected chi connectivity index (χ1v) is 7.19. The lowest BCUT2D eigenvalue weighted by Gasteiger charge is -2.26. The average molecular weight is 355 g/mol. The van der Waals surface area contributed by atoms with Crippen molar-refractivity contribution in [3.05, 3.63) is 29.3 Å². The number of halogens is 3. The lowest BCUT2D eigenvalue weighted by molar-refractivity contribution is -0.110. The second-order valence-electron chi connectivity index (χ2n) is 4.18. The van der Waals surface area contributed by atoms with E-state index in [0.717, 1.165) is 16.8 Å². The van der Waals surface area contributed by atoms with E-state index in [9.17, 15) is 4.79 Å². The third-order valence-corrected chi connectivity index (χ3v) is 3.35. The van der Waals surface area contributed by atoms with Crippen LogP contribution in [-0.2, 0) is 4.79 Å². The molecule has 110 valence electrons. The molecule has 1 rings (SSSR count). The molecule has 0 aliphatic carbocycles. The smallest absolute Gasteiger partial charge is 0.228 e. The lowest BCUT2D eigenvalue weighted by Crippen LogP contribution is -2.54. The number of nitrogens with one attached hydrogen (secondary N) is 3. The number of alkyl halides is 3. The maximum atomic E-state index is 10.5. The van der Waals surface area contributed by atoms with E-state index in [1.54, 1.807) is 0 Å². The molecule has 3 N–H and O–H groups in total. The summed E-state index contributed by atoms with van der Waals surface area (Å²) in [6, 6.07) is 5.91. The Morgan fingerprint density at radius 2 is 2.00 bits per heavy atom. The van der Waals surface area contributed by atoms with Crippen molar-refractivity contribution in [3.8, 4) is 0 Å². The Balaban J connectivity index is 2.75. The lowest BCUT2D eigenvalue weighted by atomic mass is 10.1. The van der Waals surface area contributed by atoms with Gasteiger partial charge in [-0.25, -0.2) is 0 Å². The maximum absolute atomic E-state index is 10.5. The number of rotatable bonds is 4. The summed E-state index contributed by atoms with van der Waals surface area (Å²) in [5, 5.41) is 8.33. The van der Waals surface area contributed by atoms with Gasteiger partial charge in [-0.15, -0.1) is 0 Å². The topological polar surface area (TPSA) is 53.2 Å². The van der Waals surface area contributed by atoms with E-state index < -0.39 is 9.96 Å². The number of anilines is 1. The van der Waals surface area contributed by atoms with Gasteiger partial charge in [0.25, 0.3) is 0 Å². The van der Waals surface area contributed by atoms with Gasteiger partial charge in [-0.2, -0.15) is 0 Å². The minimum atomic E-state index is -1.73. The van der Waals surface area contributed by atoms with Crippen molar-refractivity contribution in [2.75, 3.05) is 5.32 Å². The SMILES string of the molecule is Cc1ccc(C)c(NC(=S)N[C@H](NC=O)C(Cl)(Cl)Cl)c1. The molecule has 0 spiro atoms. The number of hydrogen-bond acceptors (Lipinski definition) is 2. The molecule has 0 bridgehead atoms. The summed E-state index contributed by atoms with van der Waals surface area (Å²) in [5.41, 5.74) is 2.95. The van der Waals surface area contributed by atoms with Crippen molar-refractivity contribution in [1.29, 1.82) is 0 Å². The third kappa shape index (κ3) is 5.32. The van der Waals surface area contributed by atoms with E-state index in [0.29, 0.717) is 6.41 Å². The first-order chi connectivity index (χ1) is 9.24. The molecule has 0 saturated heterocycles. The van der Waals surface area contributed by atoms with Gasteiger partial charge in [0.2, 0.25) is 10.2 Å². The summed E-state index contributed by atoms with van der Waals surface area (Å²) < 4.78 is -1.73. The van der Waals surface area contributed by atoms with Crippen LogP contribution < -0.4 is 16.0 Å². The van der Waals surface area contributed by atoms with Crippen LogP contribution in [0, 0.1) is 13.8 Å². The molecule has 0 radical (unpaired) electrons. The predicted molar refractivity (Wildman–Crippen MR) is 88.6 cm³/mol. The first-order valence-electron chi connectivity index (χ1n) is 5.65. The number of hydrogen-bond donors (Lipinski definition) is 3. The number of carbonyl (C=O) groups excluding carboxylic acids is 1. The predicted octanol–water partition coefficient (Wildman–Crippen LogP) is 3.03. The molecule has 0 saturated carbocycles. The van der Waals surface area contributed by atoms with Crippen LogP contribution >= 0.6 is 47.0 Å². The highest BCUT2D eigenvalue weighted by atomic mass is 35.6. The Kier molecular flexibility index (Phi) is 6.33. The van der Waals surface area contributed by atoms with Crippen molar-refractivity contribution >= 4 is 64.2 Å². The van der Waals surface area contributed by atoms with Crippen LogP contribution in [0.3, 0.4) is 0 Å². The number of carbonyl (C=O) groups is 1. The van der Waals surface area contributed by atoms with Gasteiger partial charge < -0.3 is 16.0 Å². The molecule has 20 heavy (non-hydrogen) atoms. The molecule has 0 heterocycles. The molecular formula is C12H14Cl3N3OS. The van der Waals surface area contributed by atoms with E-state index in [1.165, 1.54) is 0 Å². The summed E-state index contributed by atoms with van der Waals surface area (Å²) in [6.45, 7) is 3.92. The molecule has 1 aromatic carbocycles. The molecule has 0 fully saturated rings. The highest BCUT2D eigenvalue weighted by Gasteiger charge is 2.32. The Labute approximate surface area is 138 Å². The van der Waals surface area contributed by atoms with E-state index in [1.807, 2.05) is 32.0 Å². The fourth-order valence-corrected chi connectivity index (χ4v) is 2.03. The number of thiocarbonyl (C=S) groups is 1. The van der Waals surface area contributed by atoms with Crippen LogP contribution in [0.25, 0.3) is 0 Å². The van der Waals surface area contributed by atoms with Gasteiger partial charge in [0, 0.05) is 5.69 Å². The summed E-state index contributed by atoms with van der Waals surface area (Å²) in [5.74, 6) is 0. The second-order valence-corrected chi connectivity index (χ2v) is 6.95. The number of benzene rings is 1. The number of aryl methyl sites for hydroxylation is 2. The summed E-state index contributed by atoms with van der Waals surface area (Å²) in [6.07, 6.45) is -0.504. The summed E-state index contributed by atoms with van der Waals surface area (Å²) in [4.78, 5) is 10.5. The van der Waals surface area contributed by atoms with Crippen LogP contribution in [0.1, 0.15) is 11.1 Å². The Morgan fingerprint density at radius 1 is 1.35 bits per heavy atom. The van der Waals surface area contributed by atoms with E-state index in [2.05, 4.69) is 16.0 Å². The van der Waals surface area contributed by atoms with Gasteiger partial charge in [-0.05, 0) is 43.3 Å². The molecular weight excluding hydrogens is 341 g/mol. The molecule has 1 amide bonds. The van der Waals surface area contributed by atoms with E-state index >= 15 is 0 Å². The Morgan fingerprint density at radius 3 is 2.55 bits per heavy atom. The number of amides is 1. The highest BCUT2D eigenvalue weighted by Crippen LogP contribution is 2.29. The Bertz CT molecular complexity index is 505. The van der Waals surface area contributed by atoms with Crippen LogP contribution in [-0.4, -0.2) is 21.5 Å². The molecule has 4 nitrogen and oxygen atoms in total. The van der Waals surface area contributed by atoms with Crippen molar-refractivity contribution in [2.45, 2.75) is 23.8 Å². The van der Waals surface area contributed by atoms with Crippen LogP contribution in [0.15, 0.2) is 18.2 Å². The highest BCUT2D eigenvalue weighted by molar-refractivity contribution is 7.80. The molecule has 1 aromatic rings. The first kappa shape index (κ1) is 17.3. The second kappa shape index (κ2) is 7.31. The minimum Gasteiger partial charge on any atom is -0.339 e. The van der Waals surface area contributed by atoms with Gasteiger partial charge in [0.05, 0.1) is 0 Å². The van der Waals surface area contributed by atoms with Gasteiger partial charge in [0.15, 0.2) is 5.11 Å². The fraction of sp³-hybridized carbons (Fsp3) is 0.333. The zero-order valence-electron chi connectivity index (χ0n) is 10.8. The zero-order valence-corrected chi connectivity index (χ0v) is 13.9. The van der Waals surface area contributed by atoms with Gasteiger partial charge in [-0.3, -0.25) is 4.79 Å². The van der Waals surface area contributed by atoms with Crippen molar-refractivity contribution in [1.82, 2.24) is 10.6 Å². The van der Waals surface area contributed by atoms with Crippen molar-refractivity contribution < 1.29 is 4.79 Å². The Hall–Kier alpha value is -0.750. The van der Waals surface area contributed by atoms with Gasteiger partial charge in [-0.1, -0.05) is 46.9 Å². The normalized spacial score (nSPS) is 12.4. The van der Waals surface area contributed by atoms with Crippen molar-refractivity contribution in [3.63, 3.8) is 0 Å². The molecule has 1 atom stereocenters. The molecule has 0 aliphatic heterocycles. The van der Waals surface area contributed by atoms with Crippen molar-refractivity contribution in [2.24, 2.45) is 0 Å². The standard InChI is InChI=1S/C12H14Cl3N3OS/c1-7-3-4-8(2)9(5-7)17-11(20)18-10(16-6-19)12(13,14)15/h3-6,10H,1-2H3,(H,16,19)(H2,17,18,20)/t10-/m0/s1. The zero-order chi connectivity index (χ0) is 15.3. The molecule has 0 unspecified atom stereocenters. The summed E-state index contributed by atoms with van der Waals surface area (Å²) >= 11 is 22.4. The van der Waals surface area contributed by atoms with Crippen LogP contribution in [0.2, 0.25) is 0 Å². The molecule has 8 heteroatoms. The fourth-order valence-electron chi connectivity index (χ4n) is 1.45. The monoisotopic (exact) mass is 353 g/mol. The van der Waals surface area contributed by atoms with E-state index in [-0.39, 0.29) is 5.11 Å². The van der Waals surface area contributed by atoms with Gasteiger partial charge in [0.1, 0.15) is 6.17 Å². The van der Waals surface area contributed by atoms with E-state index in [4.69, 9.17) is 47.0 Å². The quantitative estimate of drug-likeness (QED) is 0.337. The summed E-state index contributed by atoms with van der Waals surface area (Å²) in [7, 11) is 0. The minimum absolute atomic E-state index is 0.240.